The Kier molecular flexibility index (Phi) is 2.28. The van der Waals surface area contributed by atoms with Crippen LogP contribution in [-0.4, -0.2) is 27.1 Å². The topological polar surface area (TPSA) is 87.5 Å². The molecule has 5 nitrogen and oxygen atoms in total. The molecule has 0 amide bonds. The highest BCUT2D eigenvalue weighted by molar-refractivity contribution is 6.03. The van der Waals surface area contributed by atoms with E-state index in [9.17, 15) is 9.59 Å². The maximum atomic E-state index is 10.9. The lowest BCUT2D eigenvalue weighted by molar-refractivity contribution is 0.0684. The van der Waals surface area contributed by atoms with Gasteiger partial charge in [-0.05, 0) is 24.3 Å². The first-order valence-corrected chi connectivity index (χ1v) is 4.46. The monoisotopic (exact) mass is 217 g/mol. The first-order chi connectivity index (χ1) is 7.59. The van der Waals surface area contributed by atoms with E-state index in [4.69, 9.17) is 10.2 Å². The molecule has 16 heavy (non-hydrogen) atoms. The van der Waals surface area contributed by atoms with E-state index in [0.717, 1.165) is 0 Å². The van der Waals surface area contributed by atoms with Crippen molar-refractivity contribution in [2.75, 3.05) is 0 Å². The maximum absolute atomic E-state index is 10.9. The van der Waals surface area contributed by atoms with Gasteiger partial charge in [-0.25, -0.2) is 14.6 Å². The van der Waals surface area contributed by atoms with Crippen molar-refractivity contribution in [2.24, 2.45) is 0 Å². The van der Waals surface area contributed by atoms with Crippen LogP contribution in [0.5, 0.6) is 0 Å². The number of benzene rings is 1. The third-order valence-electron chi connectivity index (χ3n) is 2.18. The SMILES string of the molecule is O=C(O)c1ccc2c(C(=O)O)cccc2n1. The highest BCUT2D eigenvalue weighted by Crippen LogP contribution is 2.17. The van der Waals surface area contributed by atoms with Crippen molar-refractivity contribution in [3.8, 4) is 0 Å². The maximum Gasteiger partial charge on any atom is 0.354 e. The van der Waals surface area contributed by atoms with Gasteiger partial charge in [0.15, 0.2) is 0 Å². The van der Waals surface area contributed by atoms with E-state index in [2.05, 4.69) is 4.98 Å². The van der Waals surface area contributed by atoms with Crippen molar-refractivity contribution in [1.82, 2.24) is 4.98 Å². The van der Waals surface area contributed by atoms with Crippen LogP contribution < -0.4 is 0 Å². The summed E-state index contributed by atoms with van der Waals surface area (Å²) in [5.74, 6) is -2.20. The van der Waals surface area contributed by atoms with Gasteiger partial charge in [0.1, 0.15) is 5.69 Å². The van der Waals surface area contributed by atoms with Crippen LogP contribution in [0.25, 0.3) is 10.9 Å². The molecule has 0 fully saturated rings. The molecule has 0 saturated carbocycles. The summed E-state index contributed by atoms with van der Waals surface area (Å²) in [6.07, 6.45) is 0. The van der Waals surface area contributed by atoms with Gasteiger partial charge in [-0.15, -0.1) is 0 Å². The van der Waals surface area contributed by atoms with Crippen LogP contribution in [0.2, 0.25) is 0 Å². The first kappa shape index (κ1) is 10.1. The minimum Gasteiger partial charge on any atom is -0.478 e. The molecule has 2 N–H and O–H groups in total. The van der Waals surface area contributed by atoms with Crippen LogP contribution in [0, 0.1) is 0 Å². The van der Waals surface area contributed by atoms with Crippen molar-refractivity contribution in [3.05, 3.63) is 41.6 Å². The average molecular weight is 217 g/mol. The molecule has 80 valence electrons. The molecule has 0 aliphatic heterocycles. The number of fused-ring (bicyclic) bond motifs is 1. The van der Waals surface area contributed by atoms with Gasteiger partial charge in [0.25, 0.3) is 0 Å². The molecule has 0 atom stereocenters. The minimum absolute atomic E-state index is 0.102. The van der Waals surface area contributed by atoms with Crippen LogP contribution in [0.15, 0.2) is 30.3 Å². The molecule has 0 saturated heterocycles. The van der Waals surface area contributed by atoms with Gasteiger partial charge in [0.2, 0.25) is 0 Å². The number of hydrogen-bond acceptors (Lipinski definition) is 3. The molecule has 0 aliphatic carbocycles. The van der Waals surface area contributed by atoms with Gasteiger partial charge >= 0.3 is 11.9 Å². The Morgan fingerprint density at radius 3 is 2.38 bits per heavy atom. The summed E-state index contributed by atoms with van der Waals surface area (Å²) in [6, 6.07) is 7.30. The molecule has 0 bridgehead atoms. The molecule has 0 spiro atoms. The van der Waals surface area contributed by atoms with E-state index >= 15 is 0 Å². The van der Waals surface area contributed by atoms with Crippen molar-refractivity contribution in [1.29, 1.82) is 0 Å². The number of pyridine rings is 1. The van der Waals surface area contributed by atoms with Crippen LogP contribution in [-0.2, 0) is 0 Å². The molecular weight excluding hydrogens is 210 g/mol. The number of carboxylic acid groups (broad SMARTS) is 2. The molecule has 2 aromatic rings. The van der Waals surface area contributed by atoms with Gasteiger partial charge in [-0.2, -0.15) is 0 Å². The van der Waals surface area contributed by atoms with E-state index < -0.39 is 11.9 Å². The normalized spacial score (nSPS) is 10.2. The molecule has 0 unspecified atom stereocenters. The predicted molar refractivity (Wildman–Crippen MR) is 55.7 cm³/mol. The molecule has 0 aliphatic rings. The number of hydrogen-bond donors (Lipinski definition) is 2. The summed E-state index contributed by atoms with van der Waals surface area (Å²) in [6.45, 7) is 0. The largest absolute Gasteiger partial charge is 0.478 e. The van der Waals surface area contributed by atoms with Gasteiger partial charge in [-0.1, -0.05) is 6.07 Å². The first-order valence-electron chi connectivity index (χ1n) is 4.46. The second kappa shape index (κ2) is 3.62. The van der Waals surface area contributed by atoms with Crippen molar-refractivity contribution in [2.45, 2.75) is 0 Å². The lowest BCUT2D eigenvalue weighted by Crippen LogP contribution is -2.02. The van der Waals surface area contributed by atoms with Crippen LogP contribution >= 0.6 is 0 Å². The molecule has 1 heterocycles. The van der Waals surface area contributed by atoms with E-state index in [0.29, 0.717) is 10.9 Å². The number of aromatic nitrogens is 1. The summed E-state index contributed by atoms with van der Waals surface area (Å²) < 4.78 is 0. The lowest BCUT2D eigenvalue weighted by Gasteiger charge is -2.02. The molecular formula is C11H7NO4. The van der Waals surface area contributed by atoms with Gasteiger partial charge in [0.05, 0.1) is 11.1 Å². The van der Waals surface area contributed by atoms with E-state index in [1.807, 2.05) is 0 Å². The highest BCUT2D eigenvalue weighted by atomic mass is 16.4. The smallest absolute Gasteiger partial charge is 0.354 e. The number of rotatable bonds is 2. The Balaban J connectivity index is 2.73. The van der Waals surface area contributed by atoms with Crippen molar-refractivity contribution < 1.29 is 19.8 Å². The molecule has 0 radical (unpaired) electrons. The summed E-state index contributed by atoms with van der Waals surface area (Å²) in [5, 5.41) is 18.1. The van der Waals surface area contributed by atoms with Crippen LogP contribution in [0.4, 0.5) is 0 Å². The fourth-order valence-corrected chi connectivity index (χ4v) is 1.46. The van der Waals surface area contributed by atoms with Crippen molar-refractivity contribution >= 4 is 22.8 Å². The zero-order valence-electron chi connectivity index (χ0n) is 8.04. The van der Waals surface area contributed by atoms with E-state index in [-0.39, 0.29) is 11.3 Å². The number of nitrogens with zero attached hydrogens (tertiary/aromatic N) is 1. The van der Waals surface area contributed by atoms with Gasteiger partial charge < -0.3 is 10.2 Å². The fourth-order valence-electron chi connectivity index (χ4n) is 1.46. The fraction of sp³-hybridized carbons (Fsp3) is 0. The van der Waals surface area contributed by atoms with Crippen LogP contribution in [0.3, 0.4) is 0 Å². The summed E-state index contributed by atoms with van der Waals surface area (Å²) in [4.78, 5) is 25.4. The highest BCUT2D eigenvalue weighted by Gasteiger charge is 2.11. The van der Waals surface area contributed by atoms with E-state index in [1.165, 1.54) is 24.3 Å². The second-order valence-electron chi connectivity index (χ2n) is 3.18. The number of aromatic carboxylic acids is 2. The molecule has 5 heteroatoms. The van der Waals surface area contributed by atoms with Crippen molar-refractivity contribution in [3.63, 3.8) is 0 Å². The standard InChI is InChI=1S/C11H7NO4/c13-10(14)7-2-1-3-8-6(7)4-5-9(12-8)11(15)16/h1-5H,(H,13,14)(H,15,16). The summed E-state index contributed by atoms with van der Waals surface area (Å²) in [7, 11) is 0. The third-order valence-corrected chi connectivity index (χ3v) is 2.18. The quantitative estimate of drug-likeness (QED) is 0.798. The Morgan fingerprint density at radius 1 is 1.00 bits per heavy atom. The van der Waals surface area contributed by atoms with E-state index in [1.54, 1.807) is 6.07 Å². The number of carbonyl (C=O) groups is 2. The van der Waals surface area contributed by atoms with Gasteiger partial charge in [0, 0.05) is 5.39 Å². The molecule has 1 aromatic heterocycles. The summed E-state index contributed by atoms with van der Waals surface area (Å²) >= 11 is 0. The number of carboxylic acids is 2. The molecule has 2 rings (SSSR count). The Hall–Kier alpha value is -2.43. The second-order valence-corrected chi connectivity index (χ2v) is 3.18. The zero-order chi connectivity index (χ0) is 11.7. The Morgan fingerprint density at radius 2 is 1.75 bits per heavy atom. The average Bonchev–Trinajstić information content (AvgIpc) is 2.27. The minimum atomic E-state index is -1.14. The predicted octanol–water partition coefficient (Wildman–Crippen LogP) is 1.63. The Bertz CT molecular complexity index is 592. The van der Waals surface area contributed by atoms with Crippen LogP contribution in [0.1, 0.15) is 20.8 Å². The Labute approximate surface area is 90.0 Å². The lowest BCUT2D eigenvalue weighted by atomic mass is 10.1. The third kappa shape index (κ3) is 1.58. The zero-order valence-corrected chi connectivity index (χ0v) is 8.04. The summed E-state index contributed by atoms with van der Waals surface area (Å²) in [5.41, 5.74) is 0.372. The molecule has 1 aromatic carbocycles. The van der Waals surface area contributed by atoms with Gasteiger partial charge in [-0.3, -0.25) is 0 Å².